The number of rotatable bonds is 13. The monoisotopic (exact) mass is 1770 g/mol. The average molecular weight is 1780 g/mol. The van der Waals surface area contributed by atoms with Gasteiger partial charge in [0.25, 0.3) is 0 Å². The van der Waals surface area contributed by atoms with E-state index in [2.05, 4.69) is 466 Å². The van der Waals surface area contributed by atoms with Gasteiger partial charge in [0.1, 0.15) is 17.9 Å². The van der Waals surface area contributed by atoms with Gasteiger partial charge in [-0.05, 0) is 193 Å². The molecule has 0 fully saturated rings. The Balaban J connectivity index is 0.000000122. The van der Waals surface area contributed by atoms with Gasteiger partial charge in [0, 0.05) is 128 Å². The minimum absolute atomic E-state index is 0. The van der Waals surface area contributed by atoms with E-state index in [1.54, 1.807) is 0 Å². The van der Waals surface area contributed by atoms with Gasteiger partial charge in [0.2, 0.25) is 0 Å². The van der Waals surface area contributed by atoms with Gasteiger partial charge in [-0.1, -0.05) is 327 Å². The fourth-order valence-electron chi connectivity index (χ4n) is 19.8. The highest BCUT2D eigenvalue weighted by Crippen LogP contribution is 2.54. The number of aromatic nitrogens is 2. The van der Waals surface area contributed by atoms with Crippen LogP contribution in [0.15, 0.2) is 459 Å². The Kier molecular flexibility index (Phi) is 20.6. The largest absolute Gasteiger partial charge is 0.569 e. The van der Waals surface area contributed by atoms with E-state index in [0.29, 0.717) is 13.4 Å². The van der Waals surface area contributed by atoms with Crippen molar-refractivity contribution in [3.05, 3.63) is 466 Å². The number of allylic oxidation sites excluding steroid dienone is 6. The molecule has 0 saturated heterocycles. The molecule has 4 heterocycles. The minimum atomic E-state index is 0. The van der Waals surface area contributed by atoms with Crippen LogP contribution in [0, 0.1) is 6.08 Å². The van der Waals surface area contributed by atoms with Crippen LogP contribution >= 0.6 is 38.6 Å². The van der Waals surface area contributed by atoms with E-state index >= 15 is 0 Å². The number of thiophene rings is 2. The summed E-state index contributed by atoms with van der Waals surface area (Å²) in [6.07, 6.45) is 11.6. The number of benzene rings is 21. The van der Waals surface area contributed by atoms with Crippen LogP contribution in [0.1, 0.15) is 7.43 Å². The molecule has 131 heavy (non-hydrogen) atoms. The summed E-state index contributed by atoms with van der Waals surface area (Å²) in [5.74, 6) is 0.581. The van der Waals surface area contributed by atoms with Crippen LogP contribution in [0.2, 0.25) is 0 Å². The summed E-state index contributed by atoms with van der Waals surface area (Å²) >= 11 is 7.58. The van der Waals surface area contributed by atoms with Crippen molar-refractivity contribution in [2.24, 2.45) is 0 Å². The molecule has 617 valence electrons. The number of para-hydroxylation sites is 1. The molecule has 0 unspecified atom stereocenters. The van der Waals surface area contributed by atoms with Gasteiger partial charge in [-0.15, -0.1) is 22.7 Å². The molecule has 0 aliphatic heterocycles. The molecular weight excluding hydrogens is 1700 g/mol. The molecule has 1 N–H and O–H groups in total. The zero-order chi connectivity index (χ0) is 86.3. The predicted octanol–water partition coefficient (Wildman–Crippen LogP) is 34.9. The Morgan fingerprint density at radius 2 is 0.664 bits per heavy atom. The fourth-order valence-corrected chi connectivity index (χ4v) is 22.7. The second kappa shape index (κ2) is 33.8. The van der Waals surface area contributed by atoms with E-state index in [0.717, 1.165) is 50.0 Å². The molecule has 0 saturated carbocycles. The van der Waals surface area contributed by atoms with Crippen molar-refractivity contribution >= 4 is 235 Å². The molecule has 4 aromatic heterocycles. The molecule has 1 radical (unpaired) electrons. The van der Waals surface area contributed by atoms with Crippen molar-refractivity contribution in [3.63, 3.8) is 0 Å². The van der Waals surface area contributed by atoms with Gasteiger partial charge in [-0.2, -0.15) is 0 Å². The van der Waals surface area contributed by atoms with Crippen molar-refractivity contribution in [1.82, 2.24) is 9.13 Å². The minimum Gasteiger partial charge on any atom is -0.537 e. The normalized spacial score (nSPS) is 11.9. The van der Waals surface area contributed by atoms with Gasteiger partial charge in [-0.25, -0.2) is 0 Å². The molecule has 0 amide bonds. The summed E-state index contributed by atoms with van der Waals surface area (Å²) in [6, 6.07) is 155. The summed E-state index contributed by atoms with van der Waals surface area (Å²) in [5, 5.41) is 34.1. The first-order valence-corrected chi connectivity index (χ1v) is 46.2. The number of hydrogen-bond donors (Lipinski definition) is 1. The van der Waals surface area contributed by atoms with Crippen molar-refractivity contribution in [2.75, 3.05) is 9.80 Å². The molecule has 1 aliphatic carbocycles. The Bertz CT molecular complexity index is 8730. The number of anilines is 6. The molecule has 10 heteroatoms. The molecule has 0 spiro atoms. The van der Waals surface area contributed by atoms with Crippen molar-refractivity contribution in [3.8, 4) is 44.8 Å². The van der Waals surface area contributed by atoms with E-state index in [1.807, 2.05) is 53.0 Å². The molecule has 0 bridgehead atoms. The lowest BCUT2D eigenvalue weighted by Gasteiger charge is -2.28. The quantitative estimate of drug-likeness (QED) is 0.0923. The highest BCUT2D eigenvalue weighted by molar-refractivity contribution is 9.10. The summed E-state index contributed by atoms with van der Waals surface area (Å²) in [7, 11) is 0.697. The van der Waals surface area contributed by atoms with Crippen molar-refractivity contribution < 1.29 is 9.68 Å². The number of fused-ring (bicyclic) bond motifs is 24. The first-order valence-electron chi connectivity index (χ1n) is 43.7. The Hall–Kier alpha value is -15.7. The zero-order valence-electron chi connectivity index (χ0n) is 70.2. The van der Waals surface area contributed by atoms with Gasteiger partial charge >= 0.3 is 7.69 Å². The lowest BCUT2D eigenvalue weighted by atomic mass is 9.97. The summed E-state index contributed by atoms with van der Waals surface area (Å²) in [4.78, 5) is 4.70. The first kappa shape index (κ1) is 79.9. The Labute approximate surface area is 775 Å². The third kappa shape index (κ3) is 14.0. The second-order valence-electron chi connectivity index (χ2n) is 32.9. The topological polar surface area (TPSA) is 45.8 Å². The van der Waals surface area contributed by atoms with E-state index in [1.165, 1.54) is 182 Å². The molecular formula is C121H80BBrN4O2S2+. The van der Waals surface area contributed by atoms with Crippen LogP contribution in [0.5, 0.6) is 5.75 Å². The van der Waals surface area contributed by atoms with E-state index in [9.17, 15) is 0 Å². The highest BCUT2D eigenvalue weighted by Gasteiger charge is 2.28. The molecule has 26 rings (SSSR count). The number of hydrogen-bond acceptors (Lipinski definition) is 6. The van der Waals surface area contributed by atoms with Crippen LogP contribution in [0.3, 0.4) is 0 Å². The summed E-state index contributed by atoms with van der Waals surface area (Å²) < 4.78 is 16.4. The van der Waals surface area contributed by atoms with Crippen LogP contribution in [-0.2, 0) is 0 Å². The summed E-state index contributed by atoms with van der Waals surface area (Å²) in [5.41, 5.74) is 21.2. The average Bonchev–Trinajstić information content (AvgIpc) is 1.54. The van der Waals surface area contributed by atoms with E-state index in [4.69, 9.17) is 9.68 Å². The van der Waals surface area contributed by atoms with Gasteiger partial charge in [0.15, 0.2) is 5.70 Å². The highest BCUT2D eigenvalue weighted by atomic mass is 79.9. The van der Waals surface area contributed by atoms with Crippen LogP contribution < -0.4 is 14.5 Å². The lowest BCUT2D eigenvalue weighted by molar-refractivity contribution is 0.454. The van der Waals surface area contributed by atoms with Crippen LogP contribution in [0.4, 0.5) is 34.1 Å². The Morgan fingerprint density at radius 3 is 1.11 bits per heavy atom. The smallest absolute Gasteiger partial charge is 0.537 e. The SMILES string of the molecule is Brc1ccc2c(c1)c1c3sc4ccc(-c5ccccc5)cc4c3c3ccccc3c1n2C1=CC=C[C+]=C1.C.O[B]Oc1ccc(N(c2cccc3ccccc23)c2cccc3ccccc23)cc1.c1ccc(-c2ccc3sc4c(c3c2)c2ccccc2c2c4c3cc(-c4ccc(N(c5cccc6ccccc56)c5cccc6ccccc56)cc4)ccc3n2-c2ccccc2)cc1. The number of halogens is 1. The van der Waals surface area contributed by atoms with Gasteiger partial charge in [-0.3, -0.25) is 4.57 Å². The maximum Gasteiger partial charge on any atom is 0.569 e. The van der Waals surface area contributed by atoms with E-state index < -0.39 is 0 Å². The predicted molar refractivity (Wildman–Crippen MR) is 567 cm³/mol. The fraction of sp³-hybridized carbons (Fsp3) is 0.00826. The summed E-state index contributed by atoms with van der Waals surface area (Å²) in [6.45, 7) is 0. The maximum absolute atomic E-state index is 8.93. The standard InChI is InChI=1S/C60H38N2S.C34H19BrNS.C26H19BNO2.CH4/c1-3-15-39(16-4-1)44-32-36-56-52(38-44)57-49-25-11-12-26-50(49)59-58(60(57)63-56)51-37-43(31-35-55(51)62(59)45-21-5-2-6-22-45)40-29-33-46(34-30-40)61(53-27-13-19-41-17-7-9-23-47(41)53)54-28-14-20-42-18-8-10-24-48(42)54;35-23-16-17-29-27(20-23)32-33(36(29)24-11-5-2-6-12-24)26-14-8-7-13-25(26)31-28-19-22(21-9-3-1-4-10-21)15-18-30(28)37-34(31)32;29-27-30-22-17-15-21(16-18-22)28(25-13-5-9-19-7-1-3-11-23(19)25)26-14-6-10-20-8-2-4-12-24(20)26;/h1-38H;1-5,7-20H;1-18,29H;1H4/q;+1;;. The lowest BCUT2D eigenvalue weighted by Crippen LogP contribution is -2.11. The number of nitrogens with zero attached hydrogens (tertiary/aromatic N) is 4. The third-order valence-electron chi connectivity index (χ3n) is 25.6. The second-order valence-corrected chi connectivity index (χ2v) is 35.9. The molecule has 1 aliphatic rings. The molecule has 6 nitrogen and oxygen atoms in total. The third-order valence-corrected chi connectivity index (χ3v) is 28.4. The van der Waals surface area contributed by atoms with E-state index in [-0.39, 0.29) is 7.43 Å². The van der Waals surface area contributed by atoms with Crippen LogP contribution in [0.25, 0.3) is 193 Å². The van der Waals surface area contributed by atoms with Crippen molar-refractivity contribution in [2.45, 2.75) is 7.43 Å². The molecule has 25 aromatic rings. The van der Waals surface area contributed by atoms with Gasteiger partial charge < -0.3 is 24.0 Å². The zero-order valence-corrected chi connectivity index (χ0v) is 73.4. The Morgan fingerprint density at radius 1 is 0.305 bits per heavy atom. The van der Waals surface area contributed by atoms with Crippen LogP contribution in [-0.4, -0.2) is 21.8 Å². The first-order chi connectivity index (χ1) is 64.4. The van der Waals surface area contributed by atoms with Crippen molar-refractivity contribution in [1.29, 1.82) is 0 Å². The maximum atomic E-state index is 8.93. The van der Waals surface area contributed by atoms with Gasteiger partial charge in [0.05, 0.1) is 50.9 Å². The molecule has 21 aromatic carbocycles. The molecule has 0 atom stereocenters.